The van der Waals surface area contributed by atoms with Gasteiger partial charge in [0.1, 0.15) is 11.5 Å². The summed E-state index contributed by atoms with van der Waals surface area (Å²) in [5, 5.41) is 6.75. The molecule has 2 amide bonds. The molecule has 3 aromatic rings. The lowest BCUT2D eigenvalue weighted by Gasteiger charge is -2.29. The van der Waals surface area contributed by atoms with Gasteiger partial charge >= 0.3 is 0 Å². The number of amides is 2. The molecule has 0 spiro atoms. The number of Topliss-reactive ketones (excluding diaryl/α,β-unsaturated/α-hetero) is 1. The summed E-state index contributed by atoms with van der Waals surface area (Å²) in [4.78, 5) is 38.8. The van der Waals surface area contributed by atoms with E-state index in [0.717, 1.165) is 11.3 Å². The van der Waals surface area contributed by atoms with Crippen molar-refractivity contribution in [2.24, 2.45) is 0 Å². The van der Waals surface area contributed by atoms with Gasteiger partial charge in [-0.05, 0) is 32.0 Å². The van der Waals surface area contributed by atoms with Gasteiger partial charge in [0.15, 0.2) is 12.4 Å². The Balaban J connectivity index is 1.46. The second-order valence-electron chi connectivity index (χ2n) is 7.59. The standard InChI is InChI=1S/C24H23N3O5/c1-15-19(16(2)32-26-15)13-27-20-12-18(8-10-22(20)31-14-24(27)30)25-23(29)11-9-21(28)17-6-4-3-5-7-17/h3-8,10,12H,9,11,13-14H2,1-2H3,(H,25,29). The number of nitrogens with one attached hydrogen (secondary N) is 1. The number of anilines is 2. The van der Waals surface area contributed by atoms with E-state index >= 15 is 0 Å². The van der Waals surface area contributed by atoms with E-state index in [1.54, 1.807) is 54.3 Å². The molecule has 1 aliphatic heterocycles. The van der Waals surface area contributed by atoms with Gasteiger partial charge in [0, 0.05) is 29.7 Å². The van der Waals surface area contributed by atoms with Crippen molar-refractivity contribution in [2.45, 2.75) is 33.2 Å². The van der Waals surface area contributed by atoms with Crippen LogP contribution < -0.4 is 15.0 Å². The summed E-state index contributed by atoms with van der Waals surface area (Å²) in [5.41, 5.74) is 3.21. The first-order valence-electron chi connectivity index (χ1n) is 10.3. The minimum atomic E-state index is -0.283. The fraction of sp³-hybridized carbons (Fsp3) is 0.250. The van der Waals surface area contributed by atoms with Gasteiger partial charge in [-0.25, -0.2) is 0 Å². The molecule has 1 aliphatic rings. The van der Waals surface area contributed by atoms with Gasteiger partial charge in [0.2, 0.25) is 5.91 Å². The zero-order valence-electron chi connectivity index (χ0n) is 17.9. The lowest BCUT2D eigenvalue weighted by Crippen LogP contribution is -2.38. The third kappa shape index (κ3) is 4.54. The summed E-state index contributed by atoms with van der Waals surface area (Å²) in [6, 6.07) is 14.0. The van der Waals surface area contributed by atoms with Crippen LogP contribution in [0.15, 0.2) is 53.1 Å². The number of aromatic nitrogens is 1. The van der Waals surface area contributed by atoms with Gasteiger partial charge in [-0.3, -0.25) is 14.4 Å². The summed E-state index contributed by atoms with van der Waals surface area (Å²) < 4.78 is 10.8. The number of benzene rings is 2. The number of nitrogens with zero attached hydrogens (tertiary/aromatic N) is 2. The van der Waals surface area contributed by atoms with Gasteiger partial charge in [0.25, 0.3) is 5.91 Å². The molecule has 0 unspecified atom stereocenters. The summed E-state index contributed by atoms with van der Waals surface area (Å²) >= 11 is 0. The first kappa shape index (κ1) is 21.3. The summed E-state index contributed by atoms with van der Waals surface area (Å²) in [5.74, 6) is 0.629. The Labute approximate surface area is 185 Å². The number of ketones is 1. The van der Waals surface area contributed by atoms with E-state index in [9.17, 15) is 14.4 Å². The van der Waals surface area contributed by atoms with Crippen LogP contribution in [0.1, 0.15) is 40.2 Å². The molecule has 4 rings (SSSR count). The van der Waals surface area contributed by atoms with Crippen molar-refractivity contribution in [1.29, 1.82) is 0 Å². The average molecular weight is 433 g/mol. The van der Waals surface area contributed by atoms with Crippen molar-refractivity contribution in [3.63, 3.8) is 0 Å². The third-order valence-corrected chi connectivity index (χ3v) is 5.36. The lowest BCUT2D eigenvalue weighted by atomic mass is 10.1. The molecule has 0 saturated carbocycles. The van der Waals surface area contributed by atoms with E-state index in [2.05, 4.69) is 10.5 Å². The quantitative estimate of drug-likeness (QED) is 0.569. The normalized spacial score (nSPS) is 12.8. The molecule has 32 heavy (non-hydrogen) atoms. The van der Waals surface area contributed by atoms with Gasteiger partial charge in [0.05, 0.1) is 17.9 Å². The van der Waals surface area contributed by atoms with Crippen LogP contribution in [0.25, 0.3) is 0 Å². The van der Waals surface area contributed by atoms with Crippen molar-refractivity contribution in [1.82, 2.24) is 5.16 Å². The molecule has 1 aromatic heterocycles. The molecule has 0 radical (unpaired) electrons. The maximum atomic E-state index is 12.6. The van der Waals surface area contributed by atoms with Crippen LogP contribution in [0, 0.1) is 13.8 Å². The molecule has 8 nitrogen and oxygen atoms in total. The SMILES string of the molecule is Cc1noc(C)c1CN1C(=O)COc2ccc(NC(=O)CCC(=O)c3ccccc3)cc21. The van der Waals surface area contributed by atoms with Crippen molar-refractivity contribution in [3.8, 4) is 5.75 Å². The topological polar surface area (TPSA) is 102 Å². The Kier molecular flexibility index (Phi) is 6.02. The van der Waals surface area contributed by atoms with Crippen molar-refractivity contribution >= 4 is 29.0 Å². The molecule has 0 saturated heterocycles. The van der Waals surface area contributed by atoms with Gasteiger partial charge in [-0.2, -0.15) is 0 Å². The molecule has 0 aliphatic carbocycles. The van der Waals surface area contributed by atoms with Crippen LogP contribution in [-0.4, -0.2) is 29.4 Å². The highest BCUT2D eigenvalue weighted by Gasteiger charge is 2.28. The number of hydrogen-bond acceptors (Lipinski definition) is 6. The minimum Gasteiger partial charge on any atom is -0.482 e. The van der Waals surface area contributed by atoms with Crippen LogP contribution in [0.5, 0.6) is 5.75 Å². The largest absolute Gasteiger partial charge is 0.482 e. The van der Waals surface area contributed by atoms with E-state index in [0.29, 0.717) is 35.0 Å². The van der Waals surface area contributed by atoms with E-state index in [-0.39, 0.29) is 37.0 Å². The molecule has 8 heteroatoms. The number of ether oxygens (including phenoxy) is 1. The zero-order chi connectivity index (χ0) is 22.7. The van der Waals surface area contributed by atoms with Gasteiger partial charge < -0.3 is 19.5 Å². The van der Waals surface area contributed by atoms with E-state index < -0.39 is 0 Å². The van der Waals surface area contributed by atoms with E-state index in [1.165, 1.54) is 0 Å². The third-order valence-electron chi connectivity index (χ3n) is 5.36. The maximum Gasteiger partial charge on any atom is 0.265 e. The molecule has 1 N–H and O–H groups in total. The summed E-state index contributed by atoms with van der Waals surface area (Å²) in [6.45, 7) is 3.85. The van der Waals surface area contributed by atoms with Gasteiger partial charge in [-0.15, -0.1) is 0 Å². The predicted octanol–water partition coefficient (Wildman–Crippen LogP) is 3.82. The molecular formula is C24H23N3O5. The highest BCUT2D eigenvalue weighted by molar-refractivity contribution is 6.01. The number of rotatable bonds is 7. The van der Waals surface area contributed by atoms with E-state index in [4.69, 9.17) is 9.26 Å². The number of aryl methyl sites for hydroxylation is 2. The van der Waals surface area contributed by atoms with Crippen LogP contribution in [-0.2, 0) is 16.1 Å². The van der Waals surface area contributed by atoms with Crippen LogP contribution in [0.3, 0.4) is 0 Å². The Bertz CT molecular complexity index is 1150. The lowest BCUT2D eigenvalue weighted by molar-refractivity contribution is -0.121. The zero-order valence-corrected chi connectivity index (χ0v) is 17.9. The van der Waals surface area contributed by atoms with Crippen LogP contribution >= 0.6 is 0 Å². The first-order valence-corrected chi connectivity index (χ1v) is 10.3. The predicted molar refractivity (Wildman–Crippen MR) is 118 cm³/mol. The molecule has 0 fully saturated rings. The molecule has 2 aromatic carbocycles. The van der Waals surface area contributed by atoms with E-state index in [1.807, 2.05) is 13.0 Å². The highest BCUT2D eigenvalue weighted by Crippen LogP contribution is 2.36. The number of fused-ring (bicyclic) bond motifs is 1. The summed E-state index contributed by atoms with van der Waals surface area (Å²) in [6.07, 6.45) is 0.170. The van der Waals surface area contributed by atoms with Gasteiger partial charge in [-0.1, -0.05) is 35.5 Å². The Morgan fingerprint density at radius 1 is 1.09 bits per heavy atom. The second kappa shape index (κ2) is 9.05. The number of carbonyl (C=O) groups is 3. The smallest absolute Gasteiger partial charge is 0.265 e. The number of hydrogen-bond donors (Lipinski definition) is 1. The monoisotopic (exact) mass is 433 g/mol. The van der Waals surface area contributed by atoms with Crippen molar-refractivity contribution in [3.05, 3.63) is 71.1 Å². The summed E-state index contributed by atoms with van der Waals surface area (Å²) in [7, 11) is 0. The molecular weight excluding hydrogens is 410 g/mol. The fourth-order valence-electron chi connectivity index (χ4n) is 3.56. The molecule has 164 valence electrons. The maximum absolute atomic E-state index is 12.6. The highest BCUT2D eigenvalue weighted by atomic mass is 16.5. The van der Waals surface area contributed by atoms with Crippen molar-refractivity contribution in [2.75, 3.05) is 16.8 Å². The number of carbonyl (C=O) groups excluding carboxylic acids is 3. The second-order valence-corrected chi connectivity index (χ2v) is 7.59. The Morgan fingerprint density at radius 2 is 1.88 bits per heavy atom. The van der Waals surface area contributed by atoms with Crippen LogP contribution in [0.2, 0.25) is 0 Å². The van der Waals surface area contributed by atoms with Crippen LogP contribution in [0.4, 0.5) is 11.4 Å². The Hall–Kier alpha value is -3.94. The molecule has 0 atom stereocenters. The average Bonchev–Trinajstić information content (AvgIpc) is 3.12. The van der Waals surface area contributed by atoms with Crippen molar-refractivity contribution < 1.29 is 23.6 Å². The molecule has 0 bridgehead atoms. The fourth-order valence-corrected chi connectivity index (χ4v) is 3.56. The Morgan fingerprint density at radius 3 is 2.59 bits per heavy atom. The molecule has 2 heterocycles. The minimum absolute atomic E-state index is 0.0586. The first-order chi connectivity index (χ1) is 15.4.